The van der Waals surface area contributed by atoms with Crippen LogP contribution >= 0.6 is 0 Å². The Morgan fingerprint density at radius 2 is 1.20 bits per heavy atom. The van der Waals surface area contributed by atoms with Crippen LogP contribution in [0.2, 0.25) is 0 Å². The first-order valence-corrected chi connectivity index (χ1v) is 17.2. The topological polar surface area (TPSA) is 212 Å². The van der Waals surface area contributed by atoms with Crippen molar-refractivity contribution in [2.24, 2.45) is 11.7 Å². The van der Waals surface area contributed by atoms with Gasteiger partial charge in [0.15, 0.2) is 0 Å². The summed E-state index contributed by atoms with van der Waals surface area (Å²) >= 11 is 0. The third-order valence-electron chi connectivity index (χ3n) is 7.84. The molecule has 270 valence electrons. The molecule has 13 nitrogen and oxygen atoms in total. The van der Waals surface area contributed by atoms with Crippen LogP contribution in [0, 0.1) is 5.92 Å². The van der Waals surface area contributed by atoms with Crippen molar-refractivity contribution in [2.75, 3.05) is 17.2 Å². The van der Waals surface area contributed by atoms with E-state index in [1.54, 1.807) is 29.7 Å². The Morgan fingerprint density at radius 3 is 1.71 bits per heavy atom. The number of hydrogen-bond donors (Lipinski definition) is 8. The Bertz CT molecular complexity index is 1310. The number of amides is 5. The molecule has 0 bridgehead atoms. The first-order valence-electron chi connectivity index (χ1n) is 17.2. The van der Waals surface area contributed by atoms with Gasteiger partial charge in [-0.1, -0.05) is 63.4 Å². The fourth-order valence-electron chi connectivity index (χ4n) is 5.14. The van der Waals surface area contributed by atoms with Crippen LogP contribution in [-0.2, 0) is 30.4 Å². The molecular formula is C36H54N6O7. The van der Waals surface area contributed by atoms with Gasteiger partial charge in [0.2, 0.25) is 23.6 Å². The average molecular weight is 683 g/mol. The molecule has 0 aliphatic heterocycles. The van der Waals surface area contributed by atoms with E-state index in [0.717, 1.165) is 18.4 Å². The van der Waals surface area contributed by atoms with Crippen molar-refractivity contribution in [2.45, 2.75) is 109 Å². The smallest absolute Gasteiger partial charge is 0.251 e. The Hall–Kier alpha value is -4.33. The summed E-state index contributed by atoms with van der Waals surface area (Å²) in [7, 11) is 0. The summed E-state index contributed by atoms with van der Waals surface area (Å²) in [6, 6.07) is 14.6. The summed E-state index contributed by atoms with van der Waals surface area (Å²) in [4.78, 5) is 61.2. The van der Waals surface area contributed by atoms with Crippen molar-refractivity contribution in [1.82, 2.24) is 16.1 Å². The summed E-state index contributed by atoms with van der Waals surface area (Å²) in [6.07, 6.45) is 5.14. The number of unbranched alkanes of at least 4 members (excludes halogenated alkanes) is 5. The van der Waals surface area contributed by atoms with Gasteiger partial charge in [0.1, 0.15) is 12.1 Å². The van der Waals surface area contributed by atoms with Crippen LogP contribution in [0.3, 0.4) is 0 Å². The summed E-state index contributed by atoms with van der Waals surface area (Å²) < 4.78 is 0. The Morgan fingerprint density at radius 1 is 0.694 bits per heavy atom. The van der Waals surface area contributed by atoms with E-state index in [4.69, 9.17) is 10.9 Å². The molecular weight excluding hydrogens is 628 g/mol. The summed E-state index contributed by atoms with van der Waals surface area (Å²) in [5, 5.41) is 30.2. The van der Waals surface area contributed by atoms with E-state index in [1.165, 1.54) is 0 Å². The number of nitrogens with one attached hydrogen (secondary N) is 5. The molecule has 5 amide bonds. The number of carbonyl (C=O) groups is 5. The van der Waals surface area contributed by atoms with Gasteiger partial charge in [0.05, 0.1) is 0 Å². The first kappa shape index (κ1) is 40.8. The highest BCUT2D eigenvalue weighted by Crippen LogP contribution is 2.16. The van der Waals surface area contributed by atoms with Crippen LogP contribution in [0.1, 0.15) is 90.0 Å². The van der Waals surface area contributed by atoms with Crippen LogP contribution in [0.25, 0.3) is 0 Å². The molecule has 2 aromatic carbocycles. The molecule has 13 heteroatoms. The van der Waals surface area contributed by atoms with Crippen LogP contribution in [-0.4, -0.2) is 64.6 Å². The van der Waals surface area contributed by atoms with Gasteiger partial charge in [-0.05, 0) is 74.3 Å². The molecule has 0 aromatic heterocycles. The van der Waals surface area contributed by atoms with Crippen LogP contribution in [0.15, 0.2) is 54.6 Å². The molecule has 3 atom stereocenters. The van der Waals surface area contributed by atoms with Gasteiger partial charge >= 0.3 is 0 Å². The van der Waals surface area contributed by atoms with Gasteiger partial charge in [-0.3, -0.25) is 29.2 Å². The van der Waals surface area contributed by atoms with E-state index in [9.17, 15) is 29.1 Å². The van der Waals surface area contributed by atoms with E-state index in [1.807, 2.05) is 44.2 Å². The lowest BCUT2D eigenvalue weighted by Crippen LogP contribution is -2.54. The SMILES string of the molecule is CC(C)CC(NC(=O)C(O)C(N)Cc1ccccc1)C(=O)NCCCCCC(=O)Nc1ccc(NC(=O)CCCCCCC(=O)NO)cc1. The van der Waals surface area contributed by atoms with Crippen molar-refractivity contribution in [3.63, 3.8) is 0 Å². The molecule has 0 aliphatic rings. The Labute approximate surface area is 289 Å². The highest BCUT2D eigenvalue weighted by molar-refractivity contribution is 5.93. The minimum atomic E-state index is -1.46. The van der Waals surface area contributed by atoms with Crippen molar-refractivity contribution in [1.29, 1.82) is 0 Å². The lowest BCUT2D eigenvalue weighted by atomic mass is 9.99. The number of hydrogen-bond acceptors (Lipinski definition) is 8. The van der Waals surface area contributed by atoms with Gasteiger partial charge in [-0.25, -0.2) is 5.48 Å². The maximum Gasteiger partial charge on any atom is 0.251 e. The third-order valence-corrected chi connectivity index (χ3v) is 7.84. The van der Waals surface area contributed by atoms with Gasteiger partial charge in [0, 0.05) is 43.2 Å². The maximum atomic E-state index is 12.9. The zero-order valence-corrected chi connectivity index (χ0v) is 28.7. The normalized spacial score (nSPS) is 12.8. The number of benzene rings is 2. The minimum absolute atomic E-state index is 0.112. The zero-order chi connectivity index (χ0) is 36.0. The van der Waals surface area contributed by atoms with E-state index < -0.39 is 30.0 Å². The number of hydroxylamine groups is 1. The fourth-order valence-corrected chi connectivity index (χ4v) is 5.14. The Kier molecular flexibility index (Phi) is 19.3. The molecule has 0 aliphatic carbocycles. The zero-order valence-electron chi connectivity index (χ0n) is 28.7. The van der Waals surface area contributed by atoms with Crippen molar-refractivity contribution in [3.05, 3.63) is 60.2 Å². The molecule has 0 saturated heterocycles. The molecule has 0 radical (unpaired) electrons. The van der Waals surface area contributed by atoms with E-state index in [0.29, 0.717) is 75.7 Å². The molecule has 9 N–H and O–H groups in total. The first-order chi connectivity index (χ1) is 23.5. The molecule has 3 unspecified atom stereocenters. The molecule has 0 spiro atoms. The number of anilines is 2. The van der Waals surface area contributed by atoms with Crippen LogP contribution < -0.4 is 32.5 Å². The standard InChI is InChI=1S/C36H54N6O7/c1-25(2)23-30(41-36(48)34(46)29(37)24-26-13-7-5-8-14-26)35(47)38-22-12-6-11-16-32(44)40-28-20-18-27(19-21-28)39-31(43)15-9-3-4-10-17-33(45)42-49/h5,7-8,13-14,18-21,25,29-30,34,46,49H,3-4,6,9-12,15-17,22-24,37H2,1-2H3,(H,38,47)(H,39,43)(H,40,44)(H,41,48)(H,42,45). The lowest BCUT2D eigenvalue weighted by molar-refractivity contribution is -0.135. The molecule has 0 saturated carbocycles. The van der Waals surface area contributed by atoms with Crippen molar-refractivity contribution in [3.8, 4) is 0 Å². The predicted octanol–water partition coefficient (Wildman–Crippen LogP) is 3.55. The summed E-state index contributed by atoms with van der Waals surface area (Å²) in [5.74, 6) is -1.54. The summed E-state index contributed by atoms with van der Waals surface area (Å²) in [5.41, 5.74) is 9.83. The predicted molar refractivity (Wildman–Crippen MR) is 188 cm³/mol. The van der Waals surface area contributed by atoms with Gasteiger partial charge in [-0.2, -0.15) is 0 Å². The second-order valence-corrected chi connectivity index (χ2v) is 12.7. The molecule has 2 aromatic rings. The van der Waals surface area contributed by atoms with Gasteiger partial charge in [-0.15, -0.1) is 0 Å². The quantitative estimate of drug-likeness (QED) is 0.0492. The number of carbonyl (C=O) groups excluding carboxylic acids is 5. The second kappa shape index (κ2) is 23.1. The monoisotopic (exact) mass is 682 g/mol. The highest BCUT2D eigenvalue weighted by atomic mass is 16.5. The van der Waals surface area contributed by atoms with Gasteiger partial charge < -0.3 is 32.1 Å². The van der Waals surface area contributed by atoms with Crippen LogP contribution in [0.5, 0.6) is 0 Å². The van der Waals surface area contributed by atoms with Crippen molar-refractivity contribution >= 4 is 40.9 Å². The summed E-state index contributed by atoms with van der Waals surface area (Å²) in [6.45, 7) is 4.28. The third kappa shape index (κ3) is 17.6. The minimum Gasteiger partial charge on any atom is -0.382 e. The van der Waals surface area contributed by atoms with Crippen molar-refractivity contribution < 1.29 is 34.3 Å². The molecule has 2 rings (SSSR count). The second-order valence-electron chi connectivity index (χ2n) is 12.7. The largest absolute Gasteiger partial charge is 0.382 e. The van der Waals surface area contributed by atoms with Gasteiger partial charge in [0.25, 0.3) is 5.91 Å². The Balaban J connectivity index is 1.63. The highest BCUT2D eigenvalue weighted by Gasteiger charge is 2.28. The van der Waals surface area contributed by atoms with Crippen LogP contribution in [0.4, 0.5) is 11.4 Å². The number of nitrogens with two attached hydrogens (primary N) is 1. The van der Waals surface area contributed by atoms with E-state index >= 15 is 0 Å². The lowest BCUT2D eigenvalue weighted by Gasteiger charge is -2.24. The molecule has 0 heterocycles. The maximum absolute atomic E-state index is 12.9. The van der Waals surface area contributed by atoms with E-state index in [2.05, 4.69) is 21.3 Å². The van der Waals surface area contributed by atoms with E-state index in [-0.39, 0.29) is 30.1 Å². The fraction of sp³-hybridized carbons (Fsp3) is 0.528. The number of aliphatic hydroxyl groups excluding tert-OH is 1. The average Bonchev–Trinajstić information content (AvgIpc) is 3.07. The molecule has 0 fully saturated rings. The number of rotatable bonds is 23. The number of aliphatic hydroxyl groups is 1. The molecule has 49 heavy (non-hydrogen) atoms.